The fraction of sp³-hybridized carbons (Fsp3) is 0.353. The second kappa shape index (κ2) is 7.43. The molecule has 0 bridgehead atoms. The molecule has 3 aromatic rings. The quantitative estimate of drug-likeness (QED) is 0.622. The second-order valence-corrected chi connectivity index (χ2v) is 10.4. The number of piperazine rings is 1. The Labute approximate surface area is 172 Å². The molecule has 1 saturated heterocycles. The van der Waals surface area contributed by atoms with Gasteiger partial charge in [0.1, 0.15) is 10.0 Å². The van der Waals surface area contributed by atoms with Gasteiger partial charge in [0.15, 0.2) is 5.82 Å². The largest absolute Gasteiger partial charge is 0.353 e. The molecule has 28 heavy (non-hydrogen) atoms. The van der Waals surface area contributed by atoms with E-state index in [1.165, 1.54) is 4.31 Å². The van der Waals surface area contributed by atoms with Crippen LogP contribution in [0.25, 0.3) is 5.82 Å². The summed E-state index contributed by atoms with van der Waals surface area (Å²) in [6.07, 6.45) is 3.36. The zero-order valence-electron chi connectivity index (χ0n) is 15.4. The molecule has 1 aliphatic heterocycles. The number of anilines is 1. The van der Waals surface area contributed by atoms with Crippen LogP contribution in [-0.4, -0.2) is 58.7 Å². The molecular formula is C17H19ClN6O2S2. The Kier molecular flexibility index (Phi) is 5.13. The minimum atomic E-state index is -3.51. The van der Waals surface area contributed by atoms with Gasteiger partial charge in [-0.3, -0.25) is 4.98 Å². The maximum Gasteiger partial charge on any atom is 0.252 e. The average molecular weight is 439 g/mol. The molecule has 148 valence electrons. The summed E-state index contributed by atoms with van der Waals surface area (Å²) in [6.45, 7) is 5.73. The molecule has 0 atom stereocenters. The molecule has 0 spiro atoms. The lowest BCUT2D eigenvalue weighted by molar-refractivity contribution is 0.384. The third-order valence-corrected chi connectivity index (χ3v) is 8.14. The summed E-state index contributed by atoms with van der Waals surface area (Å²) in [5, 5.41) is 4.45. The molecule has 4 rings (SSSR count). The maximum absolute atomic E-state index is 12.7. The first-order valence-corrected chi connectivity index (χ1v) is 11.3. The van der Waals surface area contributed by atoms with Gasteiger partial charge in [0.05, 0.1) is 22.4 Å². The normalized spacial score (nSPS) is 15.9. The number of aromatic nitrogens is 4. The highest BCUT2D eigenvalue weighted by Gasteiger charge is 2.30. The lowest BCUT2D eigenvalue weighted by Gasteiger charge is -2.34. The summed E-state index contributed by atoms with van der Waals surface area (Å²) in [5.74, 6) is 1.35. The van der Waals surface area contributed by atoms with Gasteiger partial charge in [-0.1, -0.05) is 11.6 Å². The van der Waals surface area contributed by atoms with E-state index in [9.17, 15) is 8.42 Å². The van der Waals surface area contributed by atoms with Gasteiger partial charge in [-0.05, 0) is 32.0 Å². The molecule has 1 aliphatic rings. The van der Waals surface area contributed by atoms with Crippen molar-refractivity contribution in [2.24, 2.45) is 0 Å². The average Bonchev–Trinajstić information content (AvgIpc) is 3.27. The first-order valence-electron chi connectivity index (χ1n) is 8.71. The zero-order chi connectivity index (χ0) is 19.9. The van der Waals surface area contributed by atoms with Gasteiger partial charge >= 0.3 is 0 Å². The molecule has 1 fully saturated rings. The van der Waals surface area contributed by atoms with E-state index in [2.05, 4.69) is 15.1 Å². The van der Waals surface area contributed by atoms with Crippen molar-refractivity contribution in [3.8, 4) is 5.82 Å². The van der Waals surface area contributed by atoms with Crippen molar-refractivity contribution in [2.75, 3.05) is 31.1 Å². The lowest BCUT2D eigenvalue weighted by atomic mass is 10.3. The number of hydrogen-bond acceptors (Lipinski definition) is 7. The SMILES string of the molecule is Cc1cc(C)n(-c2cncc(N3CCN(S(=O)(=O)c4ccc(Cl)s4)CC3)n2)n1. The fourth-order valence-corrected chi connectivity index (χ4v) is 6.24. The van der Waals surface area contributed by atoms with Crippen molar-refractivity contribution >= 4 is 38.8 Å². The first kappa shape index (κ1) is 19.3. The molecule has 0 radical (unpaired) electrons. The molecular weight excluding hydrogens is 420 g/mol. The number of hydrogen-bond donors (Lipinski definition) is 0. The van der Waals surface area contributed by atoms with Gasteiger partial charge in [0.25, 0.3) is 10.0 Å². The van der Waals surface area contributed by atoms with Crippen LogP contribution in [0.5, 0.6) is 0 Å². The topological polar surface area (TPSA) is 84.2 Å². The summed E-state index contributed by atoms with van der Waals surface area (Å²) >= 11 is 6.97. The monoisotopic (exact) mass is 438 g/mol. The highest BCUT2D eigenvalue weighted by molar-refractivity contribution is 7.91. The number of aryl methyl sites for hydroxylation is 2. The van der Waals surface area contributed by atoms with Crippen molar-refractivity contribution < 1.29 is 8.42 Å². The van der Waals surface area contributed by atoms with Crippen LogP contribution in [0.1, 0.15) is 11.4 Å². The Bertz CT molecular complexity index is 1100. The Morgan fingerprint density at radius 2 is 1.79 bits per heavy atom. The van der Waals surface area contributed by atoms with Crippen LogP contribution in [-0.2, 0) is 10.0 Å². The summed E-state index contributed by atoms with van der Waals surface area (Å²) < 4.78 is 29.5. The van der Waals surface area contributed by atoms with E-state index in [4.69, 9.17) is 11.6 Å². The highest BCUT2D eigenvalue weighted by Crippen LogP contribution is 2.29. The molecule has 8 nitrogen and oxygen atoms in total. The van der Waals surface area contributed by atoms with Crippen molar-refractivity contribution in [1.29, 1.82) is 0 Å². The summed E-state index contributed by atoms with van der Waals surface area (Å²) in [6, 6.07) is 5.14. The molecule has 0 saturated carbocycles. The summed E-state index contributed by atoms with van der Waals surface area (Å²) in [5.41, 5.74) is 1.90. The van der Waals surface area contributed by atoms with E-state index in [0.717, 1.165) is 22.7 Å². The third kappa shape index (κ3) is 3.64. The van der Waals surface area contributed by atoms with E-state index >= 15 is 0 Å². The molecule has 0 unspecified atom stereocenters. The Morgan fingerprint density at radius 1 is 1.07 bits per heavy atom. The number of sulfonamides is 1. The van der Waals surface area contributed by atoms with E-state index in [-0.39, 0.29) is 4.21 Å². The summed E-state index contributed by atoms with van der Waals surface area (Å²) in [4.78, 5) is 11.0. The Hall–Kier alpha value is -2.01. The minimum absolute atomic E-state index is 0.275. The van der Waals surface area contributed by atoms with Crippen LogP contribution in [0, 0.1) is 13.8 Å². The van der Waals surface area contributed by atoms with E-state index in [1.807, 2.05) is 24.8 Å². The van der Waals surface area contributed by atoms with Gasteiger partial charge in [0, 0.05) is 31.9 Å². The molecule has 0 amide bonds. The van der Waals surface area contributed by atoms with E-state index < -0.39 is 10.0 Å². The molecule has 0 aliphatic carbocycles. The first-order chi connectivity index (χ1) is 13.3. The van der Waals surface area contributed by atoms with Crippen LogP contribution >= 0.6 is 22.9 Å². The van der Waals surface area contributed by atoms with Crippen molar-refractivity contribution in [2.45, 2.75) is 18.1 Å². The maximum atomic E-state index is 12.7. The predicted molar refractivity (Wildman–Crippen MR) is 109 cm³/mol. The van der Waals surface area contributed by atoms with E-state index in [0.29, 0.717) is 42.2 Å². The van der Waals surface area contributed by atoms with Crippen LogP contribution in [0.3, 0.4) is 0 Å². The highest BCUT2D eigenvalue weighted by atomic mass is 35.5. The number of rotatable bonds is 4. The smallest absolute Gasteiger partial charge is 0.252 e. The van der Waals surface area contributed by atoms with Crippen LogP contribution in [0.2, 0.25) is 4.34 Å². The third-order valence-electron chi connectivity index (χ3n) is 4.54. The Morgan fingerprint density at radius 3 is 2.39 bits per heavy atom. The van der Waals surface area contributed by atoms with Gasteiger partial charge < -0.3 is 4.90 Å². The van der Waals surface area contributed by atoms with Gasteiger partial charge in [-0.2, -0.15) is 9.40 Å². The van der Waals surface area contributed by atoms with Crippen LogP contribution < -0.4 is 4.90 Å². The zero-order valence-corrected chi connectivity index (χ0v) is 17.8. The second-order valence-electron chi connectivity index (χ2n) is 6.52. The lowest BCUT2D eigenvalue weighted by Crippen LogP contribution is -2.48. The van der Waals surface area contributed by atoms with Crippen LogP contribution in [0.4, 0.5) is 5.82 Å². The van der Waals surface area contributed by atoms with E-state index in [1.54, 1.807) is 29.2 Å². The molecule has 0 N–H and O–H groups in total. The molecule has 0 aromatic carbocycles. The number of halogens is 1. The van der Waals surface area contributed by atoms with Gasteiger partial charge in [0.2, 0.25) is 0 Å². The standard InChI is InChI=1S/C17H19ClN6O2S2/c1-12-9-13(2)24(21-12)16-11-19-10-15(20-16)22-5-7-23(8-6-22)28(25,26)17-4-3-14(18)27-17/h3-4,9-11H,5-8H2,1-2H3. The Balaban J connectivity index is 1.50. The number of thiophene rings is 1. The van der Waals surface area contributed by atoms with Crippen molar-refractivity contribution in [3.63, 3.8) is 0 Å². The van der Waals surface area contributed by atoms with Gasteiger partial charge in [-0.15, -0.1) is 11.3 Å². The minimum Gasteiger partial charge on any atom is -0.353 e. The van der Waals surface area contributed by atoms with Crippen molar-refractivity contribution in [1.82, 2.24) is 24.1 Å². The fourth-order valence-electron chi connectivity index (χ4n) is 3.18. The molecule has 4 heterocycles. The summed E-state index contributed by atoms with van der Waals surface area (Å²) in [7, 11) is -3.51. The van der Waals surface area contributed by atoms with Crippen molar-refractivity contribution in [3.05, 3.63) is 46.3 Å². The molecule has 11 heteroatoms. The predicted octanol–water partition coefficient (Wildman–Crippen LogP) is 2.50. The van der Waals surface area contributed by atoms with Gasteiger partial charge in [-0.25, -0.2) is 18.1 Å². The number of nitrogens with zero attached hydrogens (tertiary/aromatic N) is 6. The molecule has 3 aromatic heterocycles. The van der Waals surface area contributed by atoms with Crippen LogP contribution in [0.15, 0.2) is 34.8 Å².